The van der Waals surface area contributed by atoms with Gasteiger partial charge in [0.15, 0.2) is 0 Å². The van der Waals surface area contributed by atoms with Crippen LogP contribution in [-0.2, 0) is 0 Å². The van der Waals surface area contributed by atoms with E-state index in [1.807, 2.05) is 18.2 Å². The van der Waals surface area contributed by atoms with E-state index in [9.17, 15) is 0 Å². The van der Waals surface area contributed by atoms with Crippen molar-refractivity contribution in [1.29, 1.82) is 0 Å². The van der Waals surface area contributed by atoms with Crippen molar-refractivity contribution in [2.24, 2.45) is 5.73 Å². The Morgan fingerprint density at radius 1 is 1.25 bits per heavy atom. The number of halogens is 2. The van der Waals surface area contributed by atoms with Gasteiger partial charge in [-0.2, -0.15) is 0 Å². The van der Waals surface area contributed by atoms with Gasteiger partial charge in [0.2, 0.25) is 0 Å². The van der Waals surface area contributed by atoms with Gasteiger partial charge in [-0.25, -0.2) is 0 Å². The fourth-order valence-corrected chi connectivity index (χ4v) is 2.47. The molecule has 0 saturated carbocycles. The first-order valence-electron chi connectivity index (χ1n) is 5.71. The molecule has 0 unspecified atom stereocenters. The van der Waals surface area contributed by atoms with E-state index in [1.165, 1.54) is 0 Å². The maximum atomic E-state index is 6.03. The highest BCUT2D eigenvalue weighted by Crippen LogP contribution is 2.32. The first-order valence-corrected chi connectivity index (χ1v) is 7.29. The van der Waals surface area contributed by atoms with Crippen molar-refractivity contribution in [3.05, 3.63) is 51.5 Å². The van der Waals surface area contributed by atoms with Crippen molar-refractivity contribution in [2.45, 2.75) is 0 Å². The van der Waals surface area contributed by atoms with Gasteiger partial charge in [-0.3, -0.25) is 0 Å². The summed E-state index contributed by atoms with van der Waals surface area (Å²) in [5.41, 5.74) is 7.99. The number of benzene rings is 2. The number of rotatable bonds is 4. The standard InChI is InChI=1S/C14H12BrClN2OS/c1-19-13-5-2-8(15)6-12(13)18-11-7-9(16)3-4-10(11)14(17)20/h2-7,18H,1H3,(H2,17,20). The summed E-state index contributed by atoms with van der Waals surface area (Å²) in [6.45, 7) is 0. The van der Waals surface area contributed by atoms with Crippen molar-refractivity contribution >= 4 is 56.1 Å². The van der Waals surface area contributed by atoms with E-state index in [0.29, 0.717) is 15.8 Å². The van der Waals surface area contributed by atoms with Crippen LogP contribution in [0.2, 0.25) is 5.02 Å². The molecule has 3 nitrogen and oxygen atoms in total. The van der Waals surface area contributed by atoms with Gasteiger partial charge in [-0.05, 0) is 36.4 Å². The molecule has 0 spiro atoms. The summed E-state index contributed by atoms with van der Waals surface area (Å²) in [6, 6.07) is 11.0. The Bertz CT molecular complexity index is 664. The van der Waals surface area contributed by atoms with Crippen LogP contribution in [0.5, 0.6) is 5.75 Å². The predicted octanol–water partition coefficient (Wildman–Crippen LogP) is 4.49. The molecule has 20 heavy (non-hydrogen) atoms. The molecule has 0 aromatic heterocycles. The number of anilines is 2. The minimum atomic E-state index is 0.304. The molecule has 0 saturated heterocycles. The lowest BCUT2D eigenvalue weighted by Crippen LogP contribution is -2.12. The summed E-state index contributed by atoms with van der Waals surface area (Å²) in [7, 11) is 1.61. The van der Waals surface area contributed by atoms with Gasteiger partial charge in [0.05, 0.1) is 18.5 Å². The molecular formula is C14H12BrClN2OS. The average molecular weight is 372 g/mol. The molecule has 104 valence electrons. The van der Waals surface area contributed by atoms with E-state index in [4.69, 9.17) is 34.3 Å². The van der Waals surface area contributed by atoms with Crippen LogP contribution < -0.4 is 15.8 Å². The zero-order valence-electron chi connectivity index (χ0n) is 10.6. The van der Waals surface area contributed by atoms with E-state index >= 15 is 0 Å². The van der Waals surface area contributed by atoms with E-state index in [-0.39, 0.29) is 0 Å². The quantitative estimate of drug-likeness (QED) is 0.777. The first-order chi connectivity index (χ1) is 9.51. The monoisotopic (exact) mass is 370 g/mol. The molecule has 0 aliphatic carbocycles. The molecule has 6 heteroatoms. The summed E-state index contributed by atoms with van der Waals surface area (Å²) in [6.07, 6.45) is 0. The maximum Gasteiger partial charge on any atom is 0.142 e. The van der Waals surface area contributed by atoms with E-state index < -0.39 is 0 Å². The SMILES string of the molecule is COc1ccc(Br)cc1Nc1cc(Cl)ccc1C(N)=S. The minimum Gasteiger partial charge on any atom is -0.495 e. The second-order valence-electron chi connectivity index (χ2n) is 4.02. The van der Waals surface area contributed by atoms with Crippen LogP contribution in [0, 0.1) is 0 Å². The van der Waals surface area contributed by atoms with Crippen molar-refractivity contribution in [2.75, 3.05) is 12.4 Å². The molecule has 2 rings (SSSR count). The van der Waals surface area contributed by atoms with Gasteiger partial charge >= 0.3 is 0 Å². The van der Waals surface area contributed by atoms with Crippen LogP contribution in [0.15, 0.2) is 40.9 Å². The number of hydrogen-bond donors (Lipinski definition) is 2. The fourth-order valence-electron chi connectivity index (χ4n) is 1.76. The second-order valence-corrected chi connectivity index (χ2v) is 5.82. The van der Waals surface area contributed by atoms with Crippen molar-refractivity contribution < 1.29 is 4.74 Å². The van der Waals surface area contributed by atoms with Crippen LogP contribution in [0.4, 0.5) is 11.4 Å². The normalized spacial score (nSPS) is 10.2. The molecule has 0 fully saturated rings. The molecule has 3 N–H and O–H groups in total. The van der Waals surface area contributed by atoms with Crippen LogP contribution in [0.25, 0.3) is 0 Å². The Morgan fingerprint density at radius 2 is 2.00 bits per heavy atom. The van der Waals surface area contributed by atoms with Gasteiger partial charge in [-0.1, -0.05) is 39.7 Å². The Morgan fingerprint density at radius 3 is 2.65 bits per heavy atom. The van der Waals surface area contributed by atoms with E-state index in [0.717, 1.165) is 21.4 Å². The van der Waals surface area contributed by atoms with E-state index in [1.54, 1.807) is 25.3 Å². The highest BCUT2D eigenvalue weighted by molar-refractivity contribution is 9.10. The summed E-state index contributed by atoms with van der Waals surface area (Å²) in [5.74, 6) is 0.710. The third-order valence-electron chi connectivity index (χ3n) is 2.68. The Labute approximate surface area is 136 Å². The van der Waals surface area contributed by atoms with Crippen LogP contribution in [0.3, 0.4) is 0 Å². The van der Waals surface area contributed by atoms with Gasteiger partial charge in [0, 0.05) is 15.1 Å². The highest BCUT2D eigenvalue weighted by Gasteiger charge is 2.10. The number of ether oxygens (including phenoxy) is 1. The third-order valence-corrected chi connectivity index (χ3v) is 3.63. The number of hydrogen-bond acceptors (Lipinski definition) is 3. The lowest BCUT2D eigenvalue weighted by molar-refractivity contribution is 0.417. The number of nitrogens with one attached hydrogen (secondary N) is 1. The van der Waals surface area contributed by atoms with Crippen molar-refractivity contribution in [3.8, 4) is 5.75 Å². The Balaban J connectivity index is 2.46. The van der Waals surface area contributed by atoms with Gasteiger partial charge in [0.1, 0.15) is 10.7 Å². The molecule has 0 heterocycles. The lowest BCUT2D eigenvalue weighted by Gasteiger charge is -2.14. The summed E-state index contributed by atoms with van der Waals surface area (Å²) in [4.78, 5) is 0.304. The predicted molar refractivity (Wildman–Crippen MR) is 91.3 cm³/mol. The van der Waals surface area contributed by atoms with Crippen LogP contribution in [0.1, 0.15) is 5.56 Å². The minimum absolute atomic E-state index is 0.304. The van der Waals surface area contributed by atoms with Crippen LogP contribution in [-0.4, -0.2) is 12.1 Å². The second kappa shape index (κ2) is 6.43. The molecule has 0 aliphatic heterocycles. The molecule has 0 bridgehead atoms. The zero-order valence-corrected chi connectivity index (χ0v) is 13.8. The molecule has 0 atom stereocenters. The third kappa shape index (κ3) is 3.42. The fraction of sp³-hybridized carbons (Fsp3) is 0.0714. The van der Waals surface area contributed by atoms with Gasteiger partial charge < -0.3 is 15.8 Å². The average Bonchev–Trinajstić information content (AvgIpc) is 2.38. The lowest BCUT2D eigenvalue weighted by atomic mass is 10.1. The molecular weight excluding hydrogens is 360 g/mol. The summed E-state index contributed by atoms with van der Waals surface area (Å²) >= 11 is 14.5. The largest absolute Gasteiger partial charge is 0.495 e. The summed E-state index contributed by atoms with van der Waals surface area (Å²) < 4.78 is 6.25. The number of thiocarbonyl (C=S) groups is 1. The summed E-state index contributed by atoms with van der Waals surface area (Å²) in [5, 5.41) is 3.85. The molecule has 0 amide bonds. The molecule has 0 aliphatic rings. The number of methoxy groups -OCH3 is 1. The number of nitrogens with two attached hydrogens (primary N) is 1. The molecule has 2 aromatic rings. The Hall–Kier alpha value is -1.30. The van der Waals surface area contributed by atoms with Crippen LogP contribution >= 0.6 is 39.7 Å². The zero-order chi connectivity index (χ0) is 14.7. The Kier molecular flexibility index (Phi) is 4.86. The van der Waals surface area contributed by atoms with Crippen molar-refractivity contribution in [3.63, 3.8) is 0 Å². The topological polar surface area (TPSA) is 47.3 Å². The maximum absolute atomic E-state index is 6.03. The molecule has 2 aromatic carbocycles. The van der Waals surface area contributed by atoms with Gasteiger partial charge in [-0.15, -0.1) is 0 Å². The smallest absolute Gasteiger partial charge is 0.142 e. The van der Waals surface area contributed by atoms with Crippen molar-refractivity contribution in [1.82, 2.24) is 0 Å². The van der Waals surface area contributed by atoms with Gasteiger partial charge in [0.25, 0.3) is 0 Å². The first kappa shape index (κ1) is 15.1. The van der Waals surface area contributed by atoms with E-state index in [2.05, 4.69) is 21.2 Å². The molecule has 0 radical (unpaired) electrons. The highest BCUT2D eigenvalue weighted by atomic mass is 79.9.